The van der Waals surface area contributed by atoms with E-state index in [9.17, 15) is 4.79 Å². The van der Waals surface area contributed by atoms with Crippen LogP contribution in [0.4, 0.5) is 0 Å². The van der Waals surface area contributed by atoms with Crippen LogP contribution < -0.4 is 5.32 Å². The molecule has 1 aliphatic heterocycles. The number of rotatable bonds is 4. The molecule has 0 saturated carbocycles. The number of fused-ring (bicyclic) bond motifs is 1. The Morgan fingerprint density at radius 1 is 1.41 bits per heavy atom. The molecule has 2 aromatic heterocycles. The molecule has 8 heteroatoms. The highest BCUT2D eigenvalue weighted by atomic mass is 16.5. The molecule has 3 aromatic rings. The lowest BCUT2D eigenvalue weighted by molar-refractivity contribution is -0.130. The van der Waals surface area contributed by atoms with Crippen molar-refractivity contribution >= 4 is 16.8 Å². The molecular weight excluding hydrogens is 368 g/mol. The van der Waals surface area contributed by atoms with Crippen molar-refractivity contribution in [2.24, 2.45) is 0 Å². The molecule has 4 rings (SSSR count). The summed E-state index contributed by atoms with van der Waals surface area (Å²) in [5, 5.41) is 17.2. The zero-order valence-electron chi connectivity index (χ0n) is 16.6. The minimum Gasteiger partial charge on any atom is -0.368 e. The van der Waals surface area contributed by atoms with Gasteiger partial charge in [0.1, 0.15) is 11.9 Å². The van der Waals surface area contributed by atoms with Crippen LogP contribution in [0.1, 0.15) is 31.2 Å². The molecule has 1 amide bonds. The maximum absolute atomic E-state index is 12.0. The van der Waals surface area contributed by atoms with E-state index in [1.807, 2.05) is 30.7 Å². The highest BCUT2D eigenvalue weighted by molar-refractivity contribution is 5.81. The Kier molecular flexibility index (Phi) is 6.87. The summed E-state index contributed by atoms with van der Waals surface area (Å²) in [6, 6.07) is 9.34. The van der Waals surface area contributed by atoms with Crippen LogP contribution in [-0.4, -0.2) is 44.4 Å². The normalized spacial score (nSPS) is 16.5. The fourth-order valence-corrected chi connectivity index (χ4v) is 3.10. The second kappa shape index (κ2) is 9.75. The van der Waals surface area contributed by atoms with Crippen LogP contribution in [0, 0.1) is 18.3 Å². The third-order valence-corrected chi connectivity index (χ3v) is 4.52. The number of carbonyl (C=O) groups excluding carboxylic acids is 1. The van der Waals surface area contributed by atoms with Crippen molar-refractivity contribution in [3.8, 4) is 6.07 Å². The van der Waals surface area contributed by atoms with Crippen molar-refractivity contribution in [3.63, 3.8) is 0 Å². The van der Waals surface area contributed by atoms with Crippen molar-refractivity contribution in [1.29, 1.82) is 5.26 Å². The third kappa shape index (κ3) is 5.59. The second-order valence-electron chi connectivity index (χ2n) is 6.92. The Morgan fingerprint density at radius 2 is 2.21 bits per heavy atom. The predicted molar refractivity (Wildman–Crippen MR) is 108 cm³/mol. The van der Waals surface area contributed by atoms with Gasteiger partial charge in [-0.15, -0.1) is 0 Å². The number of nitrogens with one attached hydrogen (secondary N) is 1. The van der Waals surface area contributed by atoms with E-state index in [4.69, 9.17) is 10.00 Å². The van der Waals surface area contributed by atoms with Crippen molar-refractivity contribution in [2.45, 2.75) is 45.4 Å². The van der Waals surface area contributed by atoms with Gasteiger partial charge in [-0.3, -0.25) is 9.48 Å². The molecule has 29 heavy (non-hydrogen) atoms. The van der Waals surface area contributed by atoms with Gasteiger partial charge in [-0.05, 0) is 51.0 Å². The lowest BCUT2D eigenvalue weighted by Crippen LogP contribution is -2.41. The van der Waals surface area contributed by atoms with E-state index in [-0.39, 0.29) is 18.1 Å². The van der Waals surface area contributed by atoms with E-state index in [0.29, 0.717) is 18.7 Å². The van der Waals surface area contributed by atoms with Gasteiger partial charge in [0.05, 0.1) is 29.9 Å². The molecular formula is C21H24N6O2. The molecule has 0 bridgehead atoms. The summed E-state index contributed by atoms with van der Waals surface area (Å²) in [4.78, 5) is 19.8. The van der Waals surface area contributed by atoms with Crippen LogP contribution in [0.3, 0.4) is 0 Å². The Labute approximate surface area is 169 Å². The topological polar surface area (TPSA) is 106 Å². The SMILES string of the molecule is CC(Cn1ncc2cc(C#N)ccc21)NC(=O)C1CCCO1.Cc1ncccn1. The number of benzene rings is 1. The van der Waals surface area contributed by atoms with E-state index in [1.165, 1.54) is 0 Å². The average molecular weight is 392 g/mol. The molecule has 1 fully saturated rings. The average Bonchev–Trinajstić information content (AvgIpc) is 3.39. The second-order valence-corrected chi connectivity index (χ2v) is 6.92. The van der Waals surface area contributed by atoms with Gasteiger partial charge in [0, 0.05) is 30.4 Å². The molecule has 1 aromatic carbocycles. The lowest BCUT2D eigenvalue weighted by atomic mass is 10.2. The van der Waals surface area contributed by atoms with Gasteiger partial charge < -0.3 is 10.1 Å². The van der Waals surface area contributed by atoms with Crippen molar-refractivity contribution in [3.05, 3.63) is 54.2 Å². The summed E-state index contributed by atoms with van der Waals surface area (Å²) in [6.45, 7) is 5.05. The fraction of sp³-hybridized carbons (Fsp3) is 0.381. The van der Waals surface area contributed by atoms with Gasteiger partial charge in [-0.25, -0.2) is 9.97 Å². The van der Waals surface area contributed by atoms with Crippen molar-refractivity contribution < 1.29 is 9.53 Å². The molecule has 1 aliphatic rings. The quantitative estimate of drug-likeness (QED) is 0.731. The molecule has 0 radical (unpaired) electrons. The van der Waals surface area contributed by atoms with Gasteiger partial charge in [0.25, 0.3) is 0 Å². The van der Waals surface area contributed by atoms with Gasteiger partial charge in [0.2, 0.25) is 5.91 Å². The number of nitriles is 1. The van der Waals surface area contributed by atoms with Gasteiger partial charge >= 0.3 is 0 Å². The van der Waals surface area contributed by atoms with Gasteiger partial charge in [-0.2, -0.15) is 10.4 Å². The summed E-state index contributed by atoms with van der Waals surface area (Å²) in [5.74, 6) is 0.774. The monoisotopic (exact) mass is 392 g/mol. The first kappa shape index (κ1) is 20.4. The predicted octanol–water partition coefficient (Wildman–Crippen LogP) is 2.38. The summed E-state index contributed by atoms with van der Waals surface area (Å²) in [7, 11) is 0. The zero-order valence-corrected chi connectivity index (χ0v) is 16.6. The van der Waals surface area contributed by atoms with Crippen molar-refractivity contribution in [1.82, 2.24) is 25.1 Å². The summed E-state index contributed by atoms with van der Waals surface area (Å²) in [5.41, 5.74) is 1.57. The minimum absolute atomic E-state index is 0.0459. The van der Waals surface area contributed by atoms with E-state index < -0.39 is 0 Å². The molecule has 1 N–H and O–H groups in total. The number of hydrogen-bond donors (Lipinski definition) is 1. The van der Waals surface area contributed by atoms with Gasteiger partial charge in [-0.1, -0.05) is 0 Å². The maximum Gasteiger partial charge on any atom is 0.249 e. The zero-order chi connectivity index (χ0) is 20.6. The Hall–Kier alpha value is -3.31. The third-order valence-electron chi connectivity index (χ3n) is 4.52. The van der Waals surface area contributed by atoms with Gasteiger partial charge in [0.15, 0.2) is 0 Å². The van der Waals surface area contributed by atoms with Crippen LogP contribution in [0.25, 0.3) is 10.9 Å². The molecule has 2 atom stereocenters. The lowest BCUT2D eigenvalue weighted by Gasteiger charge is -2.17. The Balaban J connectivity index is 0.000000290. The molecule has 2 unspecified atom stereocenters. The highest BCUT2D eigenvalue weighted by Crippen LogP contribution is 2.16. The van der Waals surface area contributed by atoms with Crippen LogP contribution in [-0.2, 0) is 16.1 Å². The standard InChI is InChI=1S/C16H18N4O2.C5H6N2/c1-11(19-16(21)15-3-2-6-22-15)10-20-14-5-4-12(8-17)7-13(14)9-18-20;1-5-6-3-2-4-7-5/h4-5,7,9,11,15H,2-3,6,10H2,1H3,(H,19,21);2-4H,1H3. The molecule has 1 saturated heterocycles. The Bertz CT molecular complexity index is 989. The first-order valence-corrected chi connectivity index (χ1v) is 9.58. The molecule has 150 valence electrons. The largest absolute Gasteiger partial charge is 0.368 e. The van der Waals surface area contributed by atoms with Crippen LogP contribution >= 0.6 is 0 Å². The van der Waals surface area contributed by atoms with E-state index in [2.05, 4.69) is 26.5 Å². The highest BCUT2D eigenvalue weighted by Gasteiger charge is 2.24. The molecule has 0 aliphatic carbocycles. The minimum atomic E-state index is -0.310. The number of carbonyl (C=O) groups is 1. The van der Waals surface area contributed by atoms with Crippen LogP contribution in [0.15, 0.2) is 42.9 Å². The molecule has 8 nitrogen and oxygen atoms in total. The number of aromatic nitrogens is 4. The fourth-order valence-electron chi connectivity index (χ4n) is 3.10. The number of ether oxygens (including phenoxy) is 1. The van der Waals surface area contributed by atoms with Crippen LogP contribution in [0.5, 0.6) is 0 Å². The van der Waals surface area contributed by atoms with Crippen molar-refractivity contribution in [2.75, 3.05) is 6.61 Å². The van der Waals surface area contributed by atoms with E-state index in [1.54, 1.807) is 30.7 Å². The summed E-state index contributed by atoms with van der Waals surface area (Å²) in [6.07, 6.45) is 6.61. The smallest absolute Gasteiger partial charge is 0.249 e. The maximum atomic E-state index is 12.0. The van der Waals surface area contributed by atoms with E-state index in [0.717, 1.165) is 29.6 Å². The number of hydrogen-bond acceptors (Lipinski definition) is 6. The molecule has 3 heterocycles. The molecule has 0 spiro atoms. The van der Waals surface area contributed by atoms with Crippen LogP contribution in [0.2, 0.25) is 0 Å². The summed E-state index contributed by atoms with van der Waals surface area (Å²) < 4.78 is 7.23. The number of amides is 1. The number of aryl methyl sites for hydroxylation is 1. The van der Waals surface area contributed by atoms with E-state index >= 15 is 0 Å². The number of nitrogens with zero attached hydrogens (tertiary/aromatic N) is 5. The Morgan fingerprint density at radius 3 is 2.83 bits per heavy atom. The first-order valence-electron chi connectivity index (χ1n) is 9.58. The summed E-state index contributed by atoms with van der Waals surface area (Å²) >= 11 is 0. The first-order chi connectivity index (χ1) is 14.1.